The van der Waals surface area contributed by atoms with Gasteiger partial charge in [-0.1, -0.05) is 6.92 Å². The summed E-state index contributed by atoms with van der Waals surface area (Å²) in [5.41, 5.74) is 0. The molecule has 3 aliphatic heterocycles. The van der Waals surface area contributed by atoms with E-state index in [1.54, 1.807) is 0 Å². The number of fused-ring (bicyclic) bond motifs is 1. The van der Waals surface area contributed by atoms with Gasteiger partial charge in [0.15, 0.2) is 0 Å². The lowest BCUT2D eigenvalue weighted by atomic mass is 9.95. The van der Waals surface area contributed by atoms with E-state index in [4.69, 9.17) is 0 Å². The Hall–Kier alpha value is -0.120. The minimum atomic E-state index is 0.797. The van der Waals surface area contributed by atoms with E-state index in [0.717, 1.165) is 18.1 Å². The molecule has 2 unspecified atom stereocenters. The summed E-state index contributed by atoms with van der Waals surface area (Å²) < 4.78 is 0. The minimum Gasteiger partial charge on any atom is -0.311 e. The summed E-state index contributed by atoms with van der Waals surface area (Å²) in [6, 6.07) is 2.51. The maximum Gasteiger partial charge on any atom is 0.0111 e. The molecule has 3 nitrogen and oxygen atoms in total. The van der Waals surface area contributed by atoms with Crippen molar-refractivity contribution in [1.29, 1.82) is 0 Å². The number of nitrogens with zero attached hydrogens (tertiary/aromatic N) is 2. The van der Waals surface area contributed by atoms with E-state index in [2.05, 4.69) is 22.0 Å². The van der Waals surface area contributed by atoms with Crippen molar-refractivity contribution >= 4 is 0 Å². The summed E-state index contributed by atoms with van der Waals surface area (Å²) in [6.45, 7) is 8.83. The van der Waals surface area contributed by atoms with Crippen molar-refractivity contribution in [2.75, 3.05) is 32.7 Å². The fourth-order valence-corrected chi connectivity index (χ4v) is 4.12. The van der Waals surface area contributed by atoms with Crippen molar-refractivity contribution in [2.45, 2.75) is 63.6 Å². The molecular formula is C15H29N3. The Morgan fingerprint density at radius 3 is 2.50 bits per heavy atom. The Morgan fingerprint density at radius 2 is 1.72 bits per heavy atom. The van der Waals surface area contributed by atoms with E-state index in [9.17, 15) is 0 Å². The molecule has 0 saturated carbocycles. The van der Waals surface area contributed by atoms with Gasteiger partial charge < -0.3 is 15.1 Å². The number of likely N-dealkylation sites (tertiary alicyclic amines) is 1. The summed E-state index contributed by atoms with van der Waals surface area (Å²) in [7, 11) is 0. The lowest BCUT2D eigenvalue weighted by molar-refractivity contribution is 0.143. The summed E-state index contributed by atoms with van der Waals surface area (Å²) >= 11 is 0. The van der Waals surface area contributed by atoms with Crippen LogP contribution >= 0.6 is 0 Å². The maximum atomic E-state index is 3.96. The third-order valence-electron chi connectivity index (χ3n) is 5.33. The van der Waals surface area contributed by atoms with Gasteiger partial charge in [0.1, 0.15) is 0 Å². The van der Waals surface area contributed by atoms with E-state index in [1.807, 2.05) is 0 Å². The van der Waals surface area contributed by atoms with E-state index in [0.29, 0.717) is 0 Å². The van der Waals surface area contributed by atoms with Crippen LogP contribution < -0.4 is 5.32 Å². The average molecular weight is 251 g/mol. The molecule has 0 radical (unpaired) electrons. The fourth-order valence-electron chi connectivity index (χ4n) is 4.12. The number of hydrogen-bond acceptors (Lipinski definition) is 3. The molecular weight excluding hydrogens is 222 g/mol. The highest BCUT2D eigenvalue weighted by Gasteiger charge is 2.32. The molecule has 2 atom stereocenters. The molecule has 0 aromatic carbocycles. The zero-order chi connectivity index (χ0) is 12.4. The second-order valence-corrected chi connectivity index (χ2v) is 6.43. The first-order chi connectivity index (χ1) is 8.85. The van der Waals surface area contributed by atoms with Crippen LogP contribution in [0.15, 0.2) is 0 Å². The Labute approximate surface area is 112 Å². The van der Waals surface area contributed by atoms with Crippen molar-refractivity contribution in [1.82, 2.24) is 15.1 Å². The lowest BCUT2D eigenvalue weighted by Crippen LogP contribution is -2.51. The van der Waals surface area contributed by atoms with Crippen LogP contribution in [-0.4, -0.2) is 60.6 Å². The molecule has 3 heterocycles. The molecule has 3 aliphatic rings. The van der Waals surface area contributed by atoms with Crippen LogP contribution in [0.1, 0.15) is 45.4 Å². The van der Waals surface area contributed by atoms with Gasteiger partial charge in [-0.3, -0.25) is 0 Å². The zero-order valence-corrected chi connectivity index (χ0v) is 11.9. The number of hydrogen-bond donors (Lipinski definition) is 1. The normalized spacial score (nSPS) is 35.8. The molecule has 18 heavy (non-hydrogen) atoms. The van der Waals surface area contributed by atoms with E-state index in [1.165, 1.54) is 71.2 Å². The molecule has 0 aromatic heterocycles. The first-order valence-electron chi connectivity index (χ1n) is 8.07. The number of rotatable bonds is 3. The van der Waals surface area contributed by atoms with Gasteiger partial charge in [0.2, 0.25) is 0 Å². The molecule has 0 aromatic rings. The summed E-state index contributed by atoms with van der Waals surface area (Å²) in [4.78, 5) is 5.30. The SMILES string of the molecule is CCN1CCC(NC2CCN3CCCC3C2)CC1. The molecule has 104 valence electrons. The van der Waals surface area contributed by atoms with Crippen LogP contribution in [0.3, 0.4) is 0 Å². The molecule has 0 amide bonds. The van der Waals surface area contributed by atoms with Gasteiger partial charge in [0.25, 0.3) is 0 Å². The summed E-state index contributed by atoms with van der Waals surface area (Å²) in [5.74, 6) is 0. The van der Waals surface area contributed by atoms with Gasteiger partial charge in [-0.05, 0) is 71.2 Å². The van der Waals surface area contributed by atoms with Crippen molar-refractivity contribution in [3.8, 4) is 0 Å². The first kappa shape index (κ1) is 12.9. The highest BCUT2D eigenvalue weighted by atomic mass is 15.2. The van der Waals surface area contributed by atoms with Crippen LogP contribution in [0.4, 0.5) is 0 Å². The molecule has 1 N–H and O–H groups in total. The first-order valence-corrected chi connectivity index (χ1v) is 8.07. The van der Waals surface area contributed by atoms with Crippen molar-refractivity contribution in [3.05, 3.63) is 0 Å². The predicted molar refractivity (Wildman–Crippen MR) is 75.9 cm³/mol. The third kappa shape index (κ3) is 2.89. The molecule has 0 bridgehead atoms. The van der Waals surface area contributed by atoms with Gasteiger partial charge in [0, 0.05) is 18.1 Å². The minimum absolute atomic E-state index is 0.797. The zero-order valence-electron chi connectivity index (χ0n) is 11.9. The Morgan fingerprint density at radius 1 is 0.944 bits per heavy atom. The maximum absolute atomic E-state index is 3.96. The van der Waals surface area contributed by atoms with Crippen LogP contribution in [0.2, 0.25) is 0 Å². The van der Waals surface area contributed by atoms with Crippen LogP contribution in [0, 0.1) is 0 Å². The third-order valence-corrected chi connectivity index (χ3v) is 5.33. The molecule has 0 spiro atoms. The van der Waals surface area contributed by atoms with E-state index in [-0.39, 0.29) is 0 Å². The van der Waals surface area contributed by atoms with Crippen LogP contribution in [0.25, 0.3) is 0 Å². The molecule has 3 fully saturated rings. The van der Waals surface area contributed by atoms with Gasteiger partial charge in [-0.2, -0.15) is 0 Å². The van der Waals surface area contributed by atoms with Crippen LogP contribution in [0.5, 0.6) is 0 Å². The largest absolute Gasteiger partial charge is 0.311 e. The monoisotopic (exact) mass is 251 g/mol. The van der Waals surface area contributed by atoms with Gasteiger partial charge in [0.05, 0.1) is 0 Å². The molecule has 3 saturated heterocycles. The molecule has 0 aliphatic carbocycles. The fraction of sp³-hybridized carbons (Fsp3) is 1.00. The summed E-state index contributed by atoms with van der Waals surface area (Å²) in [5, 5.41) is 3.96. The Bertz CT molecular complexity index is 260. The quantitative estimate of drug-likeness (QED) is 0.823. The van der Waals surface area contributed by atoms with Crippen molar-refractivity contribution < 1.29 is 0 Å². The molecule has 3 rings (SSSR count). The van der Waals surface area contributed by atoms with Crippen LogP contribution in [-0.2, 0) is 0 Å². The van der Waals surface area contributed by atoms with Gasteiger partial charge in [-0.15, -0.1) is 0 Å². The molecule has 3 heteroatoms. The number of piperidine rings is 2. The van der Waals surface area contributed by atoms with Gasteiger partial charge in [-0.25, -0.2) is 0 Å². The number of nitrogens with one attached hydrogen (secondary N) is 1. The van der Waals surface area contributed by atoms with Crippen molar-refractivity contribution in [2.24, 2.45) is 0 Å². The van der Waals surface area contributed by atoms with Gasteiger partial charge >= 0.3 is 0 Å². The lowest BCUT2D eigenvalue weighted by Gasteiger charge is -2.39. The highest BCUT2D eigenvalue weighted by molar-refractivity contribution is 4.91. The Balaban J connectivity index is 1.43. The average Bonchev–Trinajstić information content (AvgIpc) is 2.87. The van der Waals surface area contributed by atoms with E-state index < -0.39 is 0 Å². The second kappa shape index (κ2) is 5.89. The highest BCUT2D eigenvalue weighted by Crippen LogP contribution is 2.27. The standard InChI is InChI=1S/C15H29N3/c1-2-17-9-5-13(6-10-17)16-14-7-11-18-8-3-4-15(18)12-14/h13-16H,2-12H2,1H3. The van der Waals surface area contributed by atoms with E-state index >= 15 is 0 Å². The predicted octanol–water partition coefficient (Wildman–Crippen LogP) is 1.69. The smallest absolute Gasteiger partial charge is 0.0111 e. The summed E-state index contributed by atoms with van der Waals surface area (Å²) in [6.07, 6.45) is 8.40. The Kier molecular flexibility index (Phi) is 4.22. The second-order valence-electron chi connectivity index (χ2n) is 6.43. The van der Waals surface area contributed by atoms with Crippen molar-refractivity contribution in [3.63, 3.8) is 0 Å². The topological polar surface area (TPSA) is 18.5 Å².